The second-order valence-corrected chi connectivity index (χ2v) is 10.3. The highest BCUT2D eigenvalue weighted by atomic mass is 16.8. The molecule has 1 saturated carbocycles. The molecule has 0 aromatic heterocycles. The van der Waals surface area contributed by atoms with E-state index in [4.69, 9.17) is 46.6 Å². The predicted octanol–water partition coefficient (Wildman–Crippen LogP) is -6.95. The highest BCUT2D eigenvalue weighted by molar-refractivity contribution is 5.01. The standard InChI is InChI=1S/C21H41N5O11/c1-26-11-14(30)18-8(33-20(11)37-21-16(32)13(29)10(25)9(4-27)34-21)3-7(24)19(36-18)35-17-6(23)2-5(22)12(28)15(17)31/h5-21,26-32H,2-4,22-25H2,1H3/t5-,6+,7-,8+,9-,10+,11+,12-,13+,14-,15-,16+,17+,18-,19+,20+,21+/m0/s1. The molecule has 0 aromatic rings. The van der Waals surface area contributed by atoms with E-state index in [0.29, 0.717) is 0 Å². The van der Waals surface area contributed by atoms with Gasteiger partial charge >= 0.3 is 0 Å². The first-order valence-corrected chi connectivity index (χ1v) is 12.5. The van der Waals surface area contributed by atoms with Crippen molar-refractivity contribution in [2.45, 2.75) is 117 Å². The molecule has 16 heteroatoms. The van der Waals surface area contributed by atoms with Gasteiger partial charge in [-0.15, -0.1) is 0 Å². The van der Waals surface area contributed by atoms with Crippen molar-refractivity contribution in [3.63, 3.8) is 0 Å². The molecule has 0 amide bonds. The zero-order chi connectivity index (χ0) is 27.2. The van der Waals surface area contributed by atoms with Gasteiger partial charge in [-0.1, -0.05) is 0 Å². The fourth-order valence-electron chi connectivity index (χ4n) is 5.46. The summed E-state index contributed by atoms with van der Waals surface area (Å²) in [4.78, 5) is 0. The molecule has 0 aromatic carbocycles. The van der Waals surface area contributed by atoms with E-state index in [9.17, 15) is 30.6 Å². The Bertz CT molecular complexity index is 756. The molecule has 37 heavy (non-hydrogen) atoms. The lowest BCUT2D eigenvalue weighted by molar-refractivity contribution is -0.373. The number of ether oxygens (including phenoxy) is 5. The molecule has 0 radical (unpaired) electrons. The first-order chi connectivity index (χ1) is 17.5. The average molecular weight is 540 g/mol. The van der Waals surface area contributed by atoms with Gasteiger partial charge < -0.3 is 82.6 Å². The molecule has 216 valence electrons. The van der Waals surface area contributed by atoms with Gasteiger partial charge in [0, 0.05) is 12.1 Å². The summed E-state index contributed by atoms with van der Waals surface area (Å²) in [6, 6.07) is -4.05. The minimum atomic E-state index is -1.54. The number of hydrogen-bond donors (Lipinski definition) is 11. The number of aliphatic hydroxyl groups excluding tert-OH is 6. The fraction of sp³-hybridized carbons (Fsp3) is 1.00. The summed E-state index contributed by atoms with van der Waals surface area (Å²) in [5.41, 5.74) is 24.0. The quantitative estimate of drug-likeness (QED) is 0.149. The molecule has 3 heterocycles. The van der Waals surface area contributed by atoms with Gasteiger partial charge in [-0.3, -0.25) is 0 Å². The summed E-state index contributed by atoms with van der Waals surface area (Å²) >= 11 is 0. The number of aliphatic hydroxyl groups is 6. The number of likely N-dealkylation sites (N-methyl/N-ethyl adjacent to an activating group) is 1. The second kappa shape index (κ2) is 11.8. The van der Waals surface area contributed by atoms with Crippen LogP contribution in [0.25, 0.3) is 0 Å². The molecule has 17 atom stereocenters. The summed E-state index contributed by atoms with van der Waals surface area (Å²) in [6.07, 6.45) is -13.7. The number of nitrogens with two attached hydrogens (primary N) is 4. The zero-order valence-corrected chi connectivity index (χ0v) is 20.5. The Kier molecular flexibility index (Phi) is 9.40. The molecule has 4 aliphatic rings. The minimum absolute atomic E-state index is 0.156. The minimum Gasteiger partial charge on any atom is -0.394 e. The van der Waals surface area contributed by atoms with Crippen LogP contribution in [0.15, 0.2) is 0 Å². The van der Waals surface area contributed by atoms with Crippen LogP contribution < -0.4 is 28.3 Å². The Labute approximate surface area is 213 Å². The molecule has 0 unspecified atom stereocenters. The zero-order valence-electron chi connectivity index (χ0n) is 20.5. The molecule has 1 aliphatic carbocycles. The molecular weight excluding hydrogens is 498 g/mol. The Hall–Kier alpha value is -0.640. The second-order valence-electron chi connectivity index (χ2n) is 10.3. The first kappa shape index (κ1) is 29.3. The van der Waals surface area contributed by atoms with Crippen molar-refractivity contribution in [2.75, 3.05) is 13.7 Å². The lowest BCUT2D eigenvalue weighted by atomic mass is 9.84. The van der Waals surface area contributed by atoms with Crippen LogP contribution >= 0.6 is 0 Å². The van der Waals surface area contributed by atoms with Gasteiger partial charge in [-0.05, 0) is 19.9 Å². The van der Waals surface area contributed by atoms with Crippen LogP contribution in [0.3, 0.4) is 0 Å². The van der Waals surface area contributed by atoms with E-state index in [1.165, 1.54) is 0 Å². The third kappa shape index (κ3) is 5.66. The number of fused-ring (bicyclic) bond motifs is 1. The van der Waals surface area contributed by atoms with Crippen LogP contribution in [0.5, 0.6) is 0 Å². The van der Waals surface area contributed by atoms with Gasteiger partial charge in [0.1, 0.15) is 42.7 Å². The van der Waals surface area contributed by atoms with Crippen molar-refractivity contribution in [3.05, 3.63) is 0 Å². The van der Waals surface area contributed by atoms with Crippen molar-refractivity contribution in [2.24, 2.45) is 22.9 Å². The SMILES string of the molecule is CN[C@H]1[C@@H](O[C@H]2O[C@@H](CO)[C@@H](N)[C@@H](O)[C@H]2O)O[C@@H]2C[C@H](N)[C@H](O[C@H]3[C@@H](O)[C@@H](O)[C@@H](N)C[C@H]3N)O[C@@H]2[C@H]1O. The summed E-state index contributed by atoms with van der Waals surface area (Å²) in [7, 11) is 1.55. The average Bonchev–Trinajstić information content (AvgIpc) is 2.86. The van der Waals surface area contributed by atoms with E-state index in [2.05, 4.69) is 5.32 Å². The van der Waals surface area contributed by atoms with Crippen molar-refractivity contribution in [1.29, 1.82) is 0 Å². The van der Waals surface area contributed by atoms with E-state index in [1.54, 1.807) is 7.05 Å². The van der Waals surface area contributed by atoms with E-state index >= 15 is 0 Å². The van der Waals surface area contributed by atoms with Crippen LogP contribution in [-0.2, 0) is 23.7 Å². The van der Waals surface area contributed by atoms with Crippen molar-refractivity contribution >= 4 is 0 Å². The summed E-state index contributed by atoms with van der Waals surface area (Å²) in [5, 5.41) is 64.7. The lowest BCUT2D eigenvalue weighted by Crippen LogP contribution is -2.70. The molecule has 3 aliphatic heterocycles. The van der Waals surface area contributed by atoms with Crippen molar-refractivity contribution in [1.82, 2.24) is 5.32 Å². The number of nitrogens with one attached hydrogen (secondary N) is 1. The highest BCUT2D eigenvalue weighted by Gasteiger charge is 2.54. The van der Waals surface area contributed by atoms with Gasteiger partial charge in [-0.2, -0.15) is 0 Å². The summed E-state index contributed by atoms with van der Waals surface area (Å²) in [6.45, 7) is -0.508. The summed E-state index contributed by atoms with van der Waals surface area (Å²) in [5.74, 6) is 0. The lowest BCUT2D eigenvalue weighted by Gasteiger charge is -2.51. The molecule has 4 fully saturated rings. The Morgan fingerprint density at radius 3 is 2.08 bits per heavy atom. The molecule has 15 N–H and O–H groups in total. The first-order valence-electron chi connectivity index (χ1n) is 12.5. The molecule has 3 saturated heterocycles. The third-order valence-corrected chi connectivity index (χ3v) is 7.74. The van der Waals surface area contributed by atoms with Crippen molar-refractivity contribution < 1.29 is 54.3 Å². The van der Waals surface area contributed by atoms with Gasteiger partial charge in [0.25, 0.3) is 0 Å². The van der Waals surface area contributed by atoms with E-state index in [-0.39, 0.29) is 12.8 Å². The van der Waals surface area contributed by atoms with Crippen LogP contribution in [-0.4, -0.2) is 148 Å². The Morgan fingerprint density at radius 2 is 1.43 bits per heavy atom. The van der Waals surface area contributed by atoms with Gasteiger partial charge in [0.05, 0.1) is 36.9 Å². The summed E-state index contributed by atoms with van der Waals surface area (Å²) < 4.78 is 29.2. The predicted molar refractivity (Wildman–Crippen MR) is 123 cm³/mol. The van der Waals surface area contributed by atoms with Crippen LogP contribution in [0, 0.1) is 0 Å². The third-order valence-electron chi connectivity index (χ3n) is 7.74. The van der Waals surface area contributed by atoms with Gasteiger partial charge in [0.2, 0.25) is 0 Å². The maximum atomic E-state index is 11.1. The number of hydrogen-bond acceptors (Lipinski definition) is 16. The fourth-order valence-corrected chi connectivity index (χ4v) is 5.46. The topological polar surface area (TPSA) is 284 Å². The van der Waals surface area contributed by atoms with Crippen LogP contribution in [0.1, 0.15) is 12.8 Å². The molecular formula is C21H41N5O11. The normalized spacial score (nSPS) is 55.1. The monoisotopic (exact) mass is 539 g/mol. The maximum absolute atomic E-state index is 11.1. The molecule has 0 spiro atoms. The Morgan fingerprint density at radius 1 is 0.730 bits per heavy atom. The molecule has 4 rings (SSSR count). The molecule has 16 nitrogen and oxygen atoms in total. The molecule has 0 bridgehead atoms. The smallest absolute Gasteiger partial charge is 0.189 e. The van der Waals surface area contributed by atoms with Gasteiger partial charge in [-0.25, -0.2) is 0 Å². The number of rotatable bonds is 6. The van der Waals surface area contributed by atoms with Crippen LogP contribution in [0.2, 0.25) is 0 Å². The Balaban J connectivity index is 1.43. The maximum Gasteiger partial charge on any atom is 0.189 e. The largest absolute Gasteiger partial charge is 0.394 e. The van der Waals surface area contributed by atoms with Crippen LogP contribution in [0.4, 0.5) is 0 Å². The van der Waals surface area contributed by atoms with Gasteiger partial charge in [0.15, 0.2) is 18.9 Å². The van der Waals surface area contributed by atoms with Crippen molar-refractivity contribution in [3.8, 4) is 0 Å². The van der Waals surface area contributed by atoms with E-state index < -0.39 is 111 Å². The van der Waals surface area contributed by atoms with E-state index in [0.717, 1.165) is 0 Å². The highest BCUT2D eigenvalue weighted by Crippen LogP contribution is 2.35. The van der Waals surface area contributed by atoms with E-state index in [1.807, 2.05) is 0 Å².